The molecule has 2 amide bonds. The second kappa shape index (κ2) is 13.8. The van der Waals surface area contributed by atoms with E-state index in [-0.39, 0.29) is 56.6 Å². The van der Waals surface area contributed by atoms with E-state index in [1.807, 2.05) is 0 Å². The van der Waals surface area contributed by atoms with Crippen LogP contribution >= 0.6 is 0 Å². The molecule has 0 radical (unpaired) electrons. The third-order valence-corrected chi connectivity index (χ3v) is 6.47. The van der Waals surface area contributed by atoms with E-state index in [4.69, 9.17) is 23.7 Å². The summed E-state index contributed by atoms with van der Waals surface area (Å²) in [5.41, 5.74) is 0.167. The number of carbonyl (C=O) groups is 4. The number of nitrogens with one attached hydrogen (secondary N) is 2. The first-order chi connectivity index (χ1) is 21.6. The quantitative estimate of drug-likeness (QED) is 0.160. The van der Waals surface area contributed by atoms with Crippen LogP contribution in [0.3, 0.4) is 0 Å². The predicted molar refractivity (Wildman–Crippen MR) is 162 cm³/mol. The molecule has 0 aromatic heterocycles. The molecular weight excluding hydrogens is 588 g/mol. The SMILES string of the molecule is COc1cc(NC(=O)c2ccc(Oc3ccc(C(=O)Nc4cc(OC)c(OC)cc4C(=O)O)cc3)cc2)c(C(=O)O)cc1OC. The van der Waals surface area contributed by atoms with E-state index < -0.39 is 23.8 Å². The van der Waals surface area contributed by atoms with E-state index in [0.29, 0.717) is 11.5 Å². The molecule has 232 valence electrons. The fourth-order valence-electron chi connectivity index (χ4n) is 4.19. The van der Waals surface area contributed by atoms with E-state index in [1.165, 1.54) is 77.0 Å². The molecule has 0 aliphatic heterocycles. The first kappa shape index (κ1) is 31.7. The first-order valence-electron chi connectivity index (χ1n) is 13.1. The molecule has 13 nitrogen and oxygen atoms in total. The number of anilines is 2. The maximum atomic E-state index is 12.9. The van der Waals surface area contributed by atoms with Crippen LogP contribution in [0.4, 0.5) is 11.4 Å². The Bertz CT molecular complexity index is 1620. The second-order valence-electron chi connectivity index (χ2n) is 9.17. The monoisotopic (exact) mass is 616 g/mol. The fourth-order valence-corrected chi connectivity index (χ4v) is 4.19. The van der Waals surface area contributed by atoms with Crippen LogP contribution in [0.15, 0.2) is 72.8 Å². The molecule has 4 N–H and O–H groups in total. The van der Waals surface area contributed by atoms with Crippen molar-refractivity contribution in [3.05, 3.63) is 95.1 Å². The zero-order chi connectivity index (χ0) is 32.7. The lowest BCUT2D eigenvalue weighted by molar-refractivity contribution is 0.0686. The number of carboxylic acid groups (broad SMARTS) is 2. The van der Waals surface area contributed by atoms with Crippen LogP contribution in [-0.4, -0.2) is 62.4 Å². The van der Waals surface area contributed by atoms with Gasteiger partial charge < -0.3 is 44.5 Å². The number of hydrogen-bond acceptors (Lipinski definition) is 9. The summed E-state index contributed by atoms with van der Waals surface area (Å²) in [5, 5.41) is 24.3. The van der Waals surface area contributed by atoms with E-state index in [1.54, 1.807) is 24.3 Å². The highest BCUT2D eigenvalue weighted by Gasteiger charge is 2.20. The van der Waals surface area contributed by atoms with Crippen LogP contribution in [0, 0.1) is 0 Å². The summed E-state index contributed by atoms with van der Waals surface area (Å²) in [4.78, 5) is 49.2. The Morgan fingerprint density at radius 2 is 0.822 bits per heavy atom. The van der Waals surface area contributed by atoms with Gasteiger partial charge in [-0.15, -0.1) is 0 Å². The van der Waals surface area contributed by atoms with Gasteiger partial charge in [0.05, 0.1) is 50.9 Å². The van der Waals surface area contributed by atoms with Gasteiger partial charge in [-0.2, -0.15) is 0 Å². The average molecular weight is 617 g/mol. The third-order valence-electron chi connectivity index (χ3n) is 6.47. The predicted octanol–water partition coefficient (Wildman–Crippen LogP) is 5.41. The van der Waals surface area contributed by atoms with E-state index in [9.17, 15) is 29.4 Å². The van der Waals surface area contributed by atoms with E-state index in [0.717, 1.165) is 0 Å². The molecule has 4 rings (SSSR count). The zero-order valence-electron chi connectivity index (χ0n) is 24.5. The third kappa shape index (κ3) is 7.22. The smallest absolute Gasteiger partial charge is 0.337 e. The molecule has 0 aliphatic carbocycles. The number of methoxy groups -OCH3 is 4. The van der Waals surface area contributed by atoms with Gasteiger partial charge >= 0.3 is 11.9 Å². The Morgan fingerprint density at radius 3 is 1.11 bits per heavy atom. The molecule has 45 heavy (non-hydrogen) atoms. The second-order valence-corrected chi connectivity index (χ2v) is 9.17. The topological polar surface area (TPSA) is 179 Å². The molecule has 4 aromatic rings. The Hall–Kier alpha value is -6.24. The summed E-state index contributed by atoms with van der Waals surface area (Å²) in [6, 6.07) is 17.4. The molecule has 0 aliphatic rings. The van der Waals surface area contributed by atoms with Crippen LogP contribution < -0.4 is 34.3 Å². The van der Waals surface area contributed by atoms with Crippen molar-refractivity contribution in [2.45, 2.75) is 0 Å². The van der Waals surface area contributed by atoms with Crippen molar-refractivity contribution >= 4 is 35.1 Å². The average Bonchev–Trinajstić information content (AvgIpc) is 3.04. The minimum atomic E-state index is -1.26. The standard InChI is InChI=1S/C32H28N2O11/c1-41-25-13-21(31(37)38)23(15-27(25)43-3)33-29(35)17-5-9-19(10-6-17)45-20-11-7-18(8-12-20)30(36)34-24-16-28(44-4)26(42-2)14-22(24)32(39)40/h5-16H,1-4H3,(H,33,35)(H,34,36)(H,37,38)(H,39,40). The van der Waals surface area contributed by atoms with Crippen LogP contribution in [0.5, 0.6) is 34.5 Å². The van der Waals surface area contributed by atoms with Gasteiger partial charge in [0.2, 0.25) is 0 Å². The summed E-state index contributed by atoms with van der Waals surface area (Å²) in [6.45, 7) is 0. The van der Waals surface area contributed by atoms with Crippen molar-refractivity contribution in [3.8, 4) is 34.5 Å². The largest absolute Gasteiger partial charge is 0.493 e. The molecule has 0 unspecified atom stereocenters. The number of rotatable bonds is 12. The van der Waals surface area contributed by atoms with Gasteiger partial charge in [0.15, 0.2) is 23.0 Å². The first-order valence-corrected chi connectivity index (χ1v) is 13.1. The van der Waals surface area contributed by atoms with Crippen molar-refractivity contribution < 1.29 is 53.1 Å². The van der Waals surface area contributed by atoms with Crippen molar-refractivity contribution in [2.24, 2.45) is 0 Å². The molecule has 0 bridgehead atoms. The number of ether oxygens (including phenoxy) is 5. The molecular formula is C32H28N2O11. The minimum absolute atomic E-state index is 0.0277. The lowest BCUT2D eigenvalue weighted by Crippen LogP contribution is -2.15. The molecule has 0 spiro atoms. The maximum absolute atomic E-state index is 12.9. The van der Waals surface area contributed by atoms with Gasteiger partial charge in [0, 0.05) is 35.4 Å². The Kier molecular flexibility index (Phi) is 9.73. The highest BCUT2D eigenvalue weighted by molar-refractivity contribution is 6.09. The number of benzene rings is 4. The summed E-state index contributed by atoms with van der Waals surface area (Å²) < 4.78 is 26.5. The summed E-state index contributed by atoms with van der Waals surface area (Å²) in [6.07, 6.45) is 0. The molecule has 0 saturated heterocycles. The minimum Gasteiger partial charge on any atom is -0.493 e. The van der Waals surface area contributed by atoms with Gasteiger partial charge in [-0.05, 0) is 48.5 Å². The molecule has 13 heteroatoms. The summed E-state index contributed by atoms with van der Waals surface area (Å²) >= 11 is 0. The zero-order valence-corrected chi connectivity index (χ0v) is 24.5. The normalized spacial score (nSPS) is 10.3. The van der Waals surface area contributed by atoms with Crippen molar-refractivity contribution in [2.75, 3.05) is 39.1 Å². The highest BCUT2D eigenvalue weighted by Crippen LogP contribution is 2.35. The molecule has 4 aromatic carbocycles. The van der Waals surface area contributed by atoms with Crippen LogP contribution in [0.1, 0.15) is 41.4 Å². The Morgan fingerprint density at radius 1 is 0.511 bits per heavy atom. The fraction of sp³-hybridized carbons (Fsp3) is 0.125. The molecule has 0 atom stereocenters. The van der Waals surface area contributed by atoms with Gasteiger partial charge in [-0.25, -0.2) is 9.59 Å². The van der Waals surface area contributed by atoms with Crippen molar-refractivity contribution in [3.63, 3.8) is 0 Å². The number of amides is 2. The van der Waals surface area contributed by atoms with Crippen LogP contribution in [0.25, 0.3) is 0 Å². The lowest BCUT2D eigenvalue weighted by atomic mass is 10.1. The van der Waals surface area contributed by atoms with Crippen LogP contribution in [0.2, 0.25) is 0 Å². The Balaban J connectivity index is 1.43. The number of carbonyl (C=O) groups excluding carboxylic acids is 2. The Labute approximate surface area is 256 Å². The number of hydrogen-bond donors (Lipinski definition) is 4. The van der Waals surface area contributed by atoms with Crippen molar-refractivity contribution in [1.82, 2.24) is 0 Å². The summed E-state index contributed by atoms with van der Waals surface area (Å²) in [7, 11) is 5.53. The lowest BCUT2D eigenvalue weighted by Gasteiger charge is -2.14. The van der Waals surface area contributed by atoms with Gasteiger partial charge in [-0.3, -0.25) is 9.59 Å². The molecule has 0 saturated carbocycles. The van der Waals surface area contributed by atoms with Crippen LogP contribution in [-0.2, 0) is 0 Å². The van der Waals surface area contributed by atoms with Gasteiger partial charge in [-0.1, -0.05) is 0 Å². The van der Waals surface area contributed by atoms with Gasteiger partial charge in [0.25, 0.3) is 11.8 Å². The molecule has 0 fully saturated rings. The molecule has 0 heterocycles. The van der Waals surface area contributed by atoms with Crippen molar-refractivity contribution in [1.29, 1.82) is 0 Å². The number of carboxylic acids is 2. The maximum Gasteiger partial charge on any atom is 0.337 e. The number of aromatic carboxylic acids is 2. The highest BCUT2D eigenvalue weighted by atomic mass is 16.5. The summed E-state index contributed by atoms with van der Waals surface area (Å²) in [5.74, 6) is -1.98. The van der Waals surface area contributed by atoms with E-state index in [2.05, 4.69) is 10.6 Å². The van der Waals surface area contributed by atoms with Gasteiger partial charge in [0.1, 0.15) is 11.5 Å². The van der Waals surface area contributed by atoms with E-state index >= 15 is 0 Å².